The lowest BCUT2D eigenvalue weighted by Gasteiger charge is -2.05. The van der Waals surface area contributed by atoms with E-state index in [9.17, 15) is 4.39 Å². The second-order valence-electron chi connectivity index (χ2n) is 2.83. The number of nitrogens with zero attached hydrogens (tertiary/aromatic N) is 3. The van der Waals surface area contributed by atoms with Crippen LogP contribution in [-0.2, 0) is 0 Å². The molecule has 4 nitrogen and oxygen atoms in total. The highest BCUT2D eigenvalue weighted by atomic mass is 79.9. The zero-order valence-electron chi connectivity index (χ0n) is 7.99. The number of hydrogen-bond acceptors (Lipinski definition) is 4. The van der Waals surface area contributed by atoms with Crippen molar-refractivity contribution in [2.45, 2.75) is 0 Å². The highest BCUT2D eigenvalue weighted by Gasteiger charge is 2.09. The van der Waals surface area contributed by atoms with E-state index < -0.39 is 5.82 Å². The number of halogens is 4. The van der Waals surface area contributed by atoms with Gasteiger partial charge in [-0.25, -0.2) is 4.39 Å². The van der Waals surface area contributed by atoms with Gasteiger partial charge in [0.25, 0.3) is 0 Å². The van der Waals surface area contributed by atoms with Gasteiger partial charge in [0.1, 0.15) is 0 Å². The molecule has 0 spiro atoms. The maximum atomic E-state index is 13.4. The first-order valence-corrected chi connectivity index (χ1v) is 5.79. The van der Waals surface area contributed by atoms with Crippen LogP contribution in [0.15, 0.2) is 22.7 Å². The molecule has 88 valence electrons. The lowest BCUT2D eigenvalue weighted by Crippen LogP contribution is -1.96. The summed E-state index contributed by atoms with van der Waals surface area (Å²) in [4.78, 5) is 10.8. The first-order chi connectivity index (χ1) is 8.04. The van der Waals surface area contributed by atoms with E-state index in [1.54, 1.807) is 6.07 Å². The van der Waals surface area contributed by atoms with E-state index in [0.717, 1.165) is 0 Å². The molecule has 2 rings (SSSR count). The van der Waals surface area contributed by atoms with E-state index in [-0.39, 0.29) is 22.3 Å². The molecule has 0 aliphatic heterocycles. The number of benzene rings is 1. The number of aromatic nitrogens is 3. The molecule has 0 bridgehead atoms. The molecular weight excluding hydrogens is 336 g/mol. The highest BCUT2D eigenvalue weighted by Crippen LogP contribution is 2.25. The fraction of sp³-hybridized carbons (Fsp3) is 0. The molecule has 0 amide bonds. The van der Waals surface area contributed by atoms with Crippen LogP contribution in [0, 0.1) is 5.82 Å². The van der Waals surface area contributed by atoms with Crippen LogP contribution in [0.4, 0.5) is 4.39 Å². The van der Waals surface area contributed by atoms with Gasteiger partial charge in [0.15, 0.2) is 11.6 Å². The van der Waals surface area contributed by atoms with Crippen LogP contribution in [0.2, 0.25) is 10.6 Å². The third-order valence-corrected chi connectivity index (χ3v) is 2.49. The van der Waals surface area contributed by atoms with Gasteiger partial charge in [-0.15, -0.1) is 0 Å². The molecule has 8 heteroatoms. The van der Waals surface area contributed by atoms with Crippen LogP contribution in [0.5, 0.6) is 11.8 Å². The fourth-order valence-corrected chi connectivity index (χ4v) is 1.69. The van der Waals surface area contributed by atoms with Crippen LogP contribution < -0.4 is 4.74 Å². The summed E-state index contributed by atoms with van der Waals surface area (Å²) in [6.45, 7) is 0. The summed E-state index contributed by atoms with van der Waals surface area (Å²) in [6, 6.07) is 4.12. The van der Waals surface area contributed by atoms with Crippen LogP contribution in [0.1, 0.15) is 0 Å². The molecule has 1 aromatic heterocycles. The standard InChI is InChI=1S/C9H3BrCl2FN3O/c10-4-1-2-6(5(13)3-4)17-9-15-7(11)14-8(12)16-9/h1-3H. The summed E-state index contributed by atoms with van der Waals surface area (Å²) in [5.41, 5.74) is 0. The largest absolute Gasteiger partial charge is 0.421 e. The Morgan fingerprint density at radius 2 is 1.76 bits per heavy atom. The van der Waals surface area contributed by atoms with Crippen molar-refractivity contribution in [1.29, 1.82) is 0 Å². The third kappa shape index (κ3) is 3.24. The van der Waals surface area contributed by atoms with Crippen molar-refractivity contribution in [3.05, 3.63) is 39.1 Å². The van der Waals surface area contributed by atoms with Gasteiger partial charge >= 0.3 is 6.01 Å². The molecule has 17 heavy (non-hydrogen) atoms. The summed E-state index contributed by atoms with van der Waals surface area (Å²) < 4.78 is 19.1. The van der Waals surface area contributed by atoms with E-state index in [2.05, 4.69) is 30.9 Å². The van der Waals surface area contributed by atoms with Crippen molar-refractivity contribution in [1.82, 2.24) is 15.0 Å². The minimum atomic E-state index is -0.563. The number of ether oxygens (including phenoxy) is 1. The molecule has 0 aliphatic rings. The molecule has 0 aliphatic carbocycles. The average Bonchev–Trinajstić information content (AvgIpc) is 2.21. The molecule has 0 N–H and O–H groups in total. The molecule has 0 fully saturated rings. The van der Waals surface area contributed by atoms with Crippen LogP contribution >= 0.6 is 39.1 Å². The molecule has 0 saturated heterocycles. The Kier molecular flexibility index (Phi) is 3.76. The van der Waals surface area contributed by atoms with E-state index in [0.29, 0.717) is 4.47 Å². The zero-order chi connectivity index (χ0) is 12.4. The van der Waals surface area contributed by atoms with Gasteiger partial charge in [-0.3, -0.25) is 0 Å². The van der Waals surface area contributed by atoms with E-state index >= 15 is 0 Å². The number of hydrogen-bond donors (Lipinski definition) is 0. The van der Waals surface area contributed by atoms with Crippen molar-refractivity contribution in [2.75, 3.05) is 0 Å². The lowest BCUT2D eigenvalue weighted by molar-refractivity contribution is 0.409. The molecule has 2 aromatic rings. The minimum Gasteiger partial charge on any atom is -0.421 e. The van der Waals surface area contributed by atoms with Crippen molar-refractivity contribution in [3.8, 4) is 11.8 Å². The smallest absolute Gasteiger partial charge is 0.327 e. The van der Waals surface area contributed by atoms with Gasteiger partial charge < -0.3 is 4.74 Å². The zero-order valence-corrected chi connectivity index (χ0v) is 11.1. The Morgan fingerprint density at radius 3 is 2.35 bits per heavy atom. The maximum Gasteiger partial charge on any atom is 0.327 e. The van der Waals surface area contributed by atoms with Gasteiger partial charge in [0.05, 0.1) is 0 Å². The molecule has 1 aromatic carbocycles. The second-order valence-corrected chi connectivity index (χ2v) is 4.42. The van der Waals surface area contributed by atoms with Crippen LogP contribution in [0.3, 0.4) is 0 Å². The third-order valence-electron chi connectivity index (χ3n) is 1.66. The van der Waals surface area contributed by atoms with Crippen molar-refractivity contribution in [2.24, 2.45) is 0 Å². The number of rotatable bonds is 2. The molecule has 1 heterocycles. The molecule has 0 unspecified atom stereocenters. The van der Waals surface area contributed by atoms with Gasteiger partial charge in [0.2, 0.25) is 10.6 Å². The quantitative estimate of drug-likeness (QED) is 0.833. The first kappa shape index (κ1) is 12.5. The minimum absolute atomic E-state index is 0.0356. The lowest BCUT2D eigenvalue weighted by atomic mass is 10.3. The van der Waals surface area contributed by atoms with E-state index in [1.807, 2.05) is 0 Å². The summed E-state index contributed by atoms with van der Waals surface area (Å²) in [5.74, 6) is -0.599. The first-order valence-electron chi connectivity index (χ1n) is 4.24. The summed E-state index contributed by atoms with van der Waals surface area (Å²) in [7, 11) is 0. The van der Waals surface area contributed by atoms with Crippen molar-refractivity contribution >= 4 is 39.1 Å². The normalized spacial score (nSPS) is 10.4. The Labute approximate surface area is 114 Å². The Morgan fingerprint density at radius 1 is 1.12 bits per heavy atom. The van der Waals surface area contributed by atoms with Gasteiger partial charge in [-0.1, -0.05) is 15.9 Å². The van der Waals surface area contributed by atoms with E-state index in [4.69, 9.17) is 27.9 Å². The summed E-state index contributed by atoms with van der Waals surface area (Å²) in [5, 5.41) is -0.255. The molecule has 0 atom stereocenters. The van der Waals surface area contributed by atoms with Gasteiger partial charge in [-0.2, -0.15) is 15.0 Å². The molecule has 0 saturated carbocycles. The fourth-order valence-electron chi connectivity index (χ4n) is 1.01. The molecule has 0 radical (unpaired) electrons. The Hall–Kier alpha value is -0.980. The van der Waals surface area contributed by atoms with Gasteiger partial charge in [-0.05, 0) is 41.4 Å². The second kappa shape index (κ2) is 5.12. The SMILES string of the molecule is Fc1cc(Br)ccc1Oc1nc(Cl)nc(Cl)n1. The van der Waals surface area contributed by atoms with Gasteiger partial charge in [0, 0.05) is 4.47 Å². The summed E-state index contributed by atoms with van der Waals surface area (Å²) in [6.07, 6.45) is 0. The maximum absolute atomic E-state index is 13.4. The van der Waals surface area contributed by atoms with E-state index in [1.165, 1.54) is 12.1 Å². The molecular formula is C9H3BrCl2FN3O. The highest BCUT2D eigenvalue weighted by molar-refractivity contribution is 9.10. The van der Waals surface area contributed by atoms with Crippen LogP contribution in [0.25, 0.3) is 0 Å². The predicted octanol–water partition coefficient (Wildman–Crippen LogP) is 3.87. The Balaban J connectivity index is 2.31. The van der Waals surface area contributed by atoms with Crippen molar-refractivity contribution < 1.29 is 9.13 Å². The average molecular weight is 339 g/mol. The monoisotopic (exact) mass is 337 g/mol. The predicted molar refractivity (Wildman–Crippen MR) is 64.0 cm³/mol. The van der Waals surface area contributed by atoms with Crippen molar-refractivity contribution in [3.63, 3.8) is 0 Å². The topological polar surface area (TPSA) is 47.9 Å². The summed E-state index contributed by atoms with van der Waals surface area (Å²) >= 11 is 14.2. The Bertz CT molecular complexity index is 550. The van der Waals surface area contributed by atoms with Crippen LogP contribution in [-0.4, -0.2) is 15.0 Å².